The van der Waals surface area contributed by atoms with Gasteiger partial charge in [0.15, 0.2) is 0 Å². The van der Waals surface area contributed by atoms with Gasteiger partial charge in [0.2, 0.25) is 0 Å². The second kappa shape index (κ2) is 6.15. The third-order valence-corrected chi connectivity index (χ3v) is 3.69. The van der Waals surface area contributed by atoms with Gasteiger partial charge in [-0.1, -0.05) is 44.2 Å². The Labute approximate surface area is 128 Å². The van der Waals surface area contributed by atoms with Gasteiger partial charge in [0.25, 0.3) is 5.56 Å². The highest BCUT2D eigenvalue weighted by molar-refractivity contribution is 5.82. The lowest BCUT2D eigenvalue weighted by Gasteiger charge is -2.07. The van der Waals surface area contributed by atoms with E-state index < -0.39 is 0 Å². The number of aromatic amines is 1. The predicted molar refractivity (Wildman–Crippen MR) is 85.7 cm³/mol. The number of benzene rings is 1. The summed E-state index contributed by atoms with van der Waals surface area (Å²) in [4.78, 5) is 12.0. The van der Waals surface area contributed by atoms with Crippen LogP contribution in [0.2, 0.25) is 0 Å². The quantitative estimate of drug-likeness (QED) is 0.787. The van der Waals surface area contributed by atoms with Gasteiger partial charge in [0.05, 0.1) is 23.7 Å². The maximum atomic E-state index is 12.0. The molecule has 0 aliphatic rings. The van der Waals surface area contributed by atoms with Crippen LogP contribution in [0.25, 0.3) is 10.9 Å². The fraction of sp³-hybridized carbons (Fsp3) is 0.294. The molecular formula is C17H19N3O2. The molecule has 1 aromatic carbocycles. The minimum atomic E-state index is -0.150. The van der Waals surface area contributed by atoms with Crippen molar-refractivity contribution in [3.63, 3.8) is 0 Å². The van der Waals surface area contributed by atoms with Gasteiger partial charge in [-0.25, -0.2) is 5.10 Å². The largest absolute Gasteiger partial charge is 0.356 e. The van der Waals surface area contributed by atoms with Gasteiger partial charge in [0, 0.05) is 6.20 Å². The van der Waals surface area contributed by atoms with Crippen molar-refractivity contribution in [3.05, 3.63) is 64.2 Å². The molecule has 3 aromatic rings. The van der Waals surface area contributed by atoms with Gasteiger partial charge >= 0.3 is 0 Å². The van der Waals surface area contributed by atoms with Crippen molar-refractivity contribution < 1.29 is 4.74 Å². The van der Waals surface area contributed by atoms with Crippen molar-refractivity contribution in [2.75, 3.05) is 0 Å². The summed E-state index contributed by atoms with van der Waals surface area (Å²) in [5.74, 6) is 0.265. The molecule has 0 amide bonds. The van der Waals surface area contributed by atoms with E-state index in [0.717, 1.165) is 16.6 Å². The Bertz CT molecular complexity index is 819. The maximum absolute atomic E-state index is 12.0. The molecule has 114 valence electrons. The first-order chi connectivity index (χ1) is 10.7. The van der Waals surface area contributed by atoms with Gasteiger partial charge in [0.1, 0.15) is 6.73 Å². The second-order valence-electron chi connectivity index (χ2n) is 5.63. The highest BCUT2D eigenvalue weighted by atomic mass is 16.5. The van der Waals surface area contributed by atoms with Gasteiger partial charge < -0.3 is 9.30 Å². The van der Waals surface area contributed by atoms with Crippen LogP contribution in [-0.4, -0.2) is 14.8 Å². The molecule has 5 nitrogen and oxygen atoms in total. The average molecular weight is 297 g/mol. The molecule has 5 heteroatoms. The summed E-state index contributed by atoms with van der Waals surface area (Å²) in [5.41, 5.74) is 2.80. The van der Waals surface area contributed by atoms with E-state index in [4.69, 9.17) is 4.74 Å². The zero-order valence-corrected chi connectivity index (χ0v) is 12.7. The molecular weight excluding hydrogens is 278 g/mol. The van der Waals surface area contributed by atoms with E-state index in [2.05, 4.69) is 24.0 Å². The van der Waals surface area contributed by atoms with Crippen LogP contribution in [0.1, 0.15) is 30.9 Å². The van der Waals surface area contributed by atoms with E-state index in [1.165, 1.54) is 0 Å². The van der Waals surface area contributed by atoms with Gasteiger partial charge in [-0.15, -0.1) is 0 Å². The summed E-state index contributed by atoms with van der Waals surface area (Å²) in [6, 6.07) is 10.0. The molecule has 1 N–H and O–H groups in total. The lowest BCUT2D eigenvalue weighted by atomic mass is 10.0. The van der Waals surface area contributed by atoms with Crippen molar-refractivity contribution in [1.29, 1.82) is 0 Å². The Morgan fingerprint density at radius 2 is 2.05 bits per heavy atom. The highest BCUT2D eigenvalue weighted by Crippen LogP contribution is 2.24. The second-order valence-corrected chi connectivity index (χ2v) is 5.63. The molecule has 0 saturated carbocycles. The van der Waals surface area contributed by atoms with Crippen molar-refractivity contribution in [2.24, 2.45) is 0 Å². The van der Waals surface area contributed by atoms with Crippen molar-refractivity contribution in [3.8, 4) is 0 Å². The molecule has 2 aromatic heterocycles. The summed E-state index contributed by atoms with van der Waals surface area (Å²) < 4.78 is 7.71. The van der Waals surface area contributed by atoms with E-state index in [0.29, 0.717) is 18.7 Å². The molecule has 0 radical (unpaired) electrons. The Morgan fingerprint density at radius 1 is 1.27 bits per heavy atom. The zero-order valence-electron chi connectivity index (χ0n) is 12.7. The van der Waals surface area contributed by atoms with E-state index in [9.17, 15) is 4.79 Å². The van der Waals surface area contributed by atoms with Crippen LogP contribution >= 0.6 is 0 Å². The Balaban J connectivity index is 1.85. The molecule has 0 spiro atoms. The van der Waals surface area contributed by atoms with Crippen molar-refractivity contribution in [1.82, 2.24) is 14.8 Å². The fourth-order valence-electron chi connectivity index (χ4n) is 2.57. The SMILES string of the molecule is CC(C)c1cn(COCc2ccccc2)c2cn[nH]c(=O)c12. The number of ether oxygens (including phenoxy) is 1. The Morgan fingerprint density at radius 3 is 2.77 bits per heavy atom. The minimum Gasteiger partial charge on any atom is -0.356 e. The Kier molecular flexibility index (Phi) is 4.06. The number of aromatic nitrogens is 3. The number of hydrogen-bond donors (Lipinski definition) is 1. The van der Waals surface area contributed by atoms with Gasteiger partial charge in [-0.3, -0.25) is 4.79 Å². The average Bonchev–Trinajstić information content (AvgIpc) is 2.89. The molecule has 0 fully saturated rings. The van der Waals surface area contributed by atoms with Crippen LogP contribution in [0, 0.1) is 0 Å². The molecule has 0 aliphatic carbocycles. The summed E-state index contributed by atoms with van der Waals surface area (Å²) in [5, 5.41) is 7.11. The molecule has 0 saturated heterocycles. The molecule has 0 unspecified atom stereocenters. The van der Waals surface area contributed by atoms with E-state index in [-0.39, 0.29) is 11.5 Å². The molecule has 0 aliphatic heterocycles. The summed E-state index contributed by atoms with van der Waals surface area (Å²) in [6.45, 7) is 5.07. The minimum absolute atomic E-state index is 0.150. The number of nitrogens with one attached hydrogen (secondary N) is 1. The van der Waals surface area contributed by atoms with Crippen LogP contribution in [-0.2, 0) is 18.1 Å². The summed E-state index contributed by atoms with van der Waals surface area (Å²) in [7, 11) is 0. The smallest absolute Gasteiger partial charge is 0.273 e. The maximum Gasteiger partial charge on any atom is 0.273 e. The van der Waals surface area contributed by atoms with Gasteiger partial charge in [-0.05, 0) is 17.0 Å². The Hall–Kier alpha value is -2.40. The number of H-pyrrole nitrogens is 1. The van der Waals surface area contributed by atoms with E-state index >= 15 is 0 Å². The third kappa shape index (κ3) is 2.80. The van der Waals surface area contributed by atoms with E-state index in [1.54, 1.807) is 6.20 Å². The lowest BCUT2D eigenvalue weighted by Crippen LogP contribution is -2.09. The van der Waals surface area contributed by atoms with Gasteiger partial charge in [-0.2, -0.15) is 5.10 Å². The fourth-order valence-corrected chi connectivity index (χ4v) is 2.57. The highest BCUT2D eigenvalue weighted by Gasteiger charge is 2.14. The third-order valence-electron chi connectivity index (χ3n) is 3.69. The first-order valence-electron chi connectivity index (χ1n) is 7.35. The molecule has 3 rings (SSSR count). The van der Waals surface area contributed by atoms with Crippen molar-refractivity contribution >= 4 is 10.9 Å². The zero-order chi connectivity index (χ0) is 15.5. The lowest BCUT2D eigenvalue weighted by molar-refractivity contribution is 0.0666. The number of hydrogen-bond acceptors (Lipinski definition) is 3. The summed E-state index contributed by atoms with van der Waals surface area (Å²) >= 11 is 0. The topological polar surface area (TPSA) is 59.9 Å². The number of nitrogens with zero attached hydrogens (tertiary/aromatic N) is 2. The van der Waals surface area contributed by atoms with Crippen LogP contribution in [0.15, 0.2) is 47.5 Å². The van der Waals surface area contributed by atoms with Crippen LogP contribution in [0.3, 0.4) is 0 Å². The summed E-state index contributed by atoms with van der Waals surface area (Å²) in [6.07, 6.45) is 3.66. The van der Waals surface area contributed by atoms with E-state index in [1.807, 2.05) is 41.1 Å². The van der Waals surface area contributed by atoms with Crippen molar-refractivity contribution in [2.45, 2.75) is 33.1 Å². The molecule has 0 bridgehead atoms. The first kappa shape index (κ1) is 14.5. The monoisotopic (exact) mass is 297 g/mol. The molecule has 0 atom stereocenters. The molecule has 2 heterocycles. The van der Waals surface area contributed by atoms with Crippen LogP contribution in [0.4, 0.5) is 0 Å². The van der Waals surface area contributed by atoms with Crippen LogP contribution < -0.4 is 5.56 Å². The first-order valence-corrected chi connectivity index (χ1v) is 7.35. The normalized spacial score (nSPS) is 11.4. The van der Waals surface area contributed by atoms with Crippen LogP contribution in [0.5, 0.6) is 0 Å². The molecule has 22 heavy (non-hydrogen) atoms. The number of fused-ring (bicyclic) bond motifs is 1. The predicted octanol–water partition coefficient (Wildman–Crippen LogP) is 3.02. The number of rotatable bonds is 5. The standard InChI is InChI=1S/C17H19N3O2/c1-12(2)14-9-20(15-8-18-19-17(21)16(14)15)11-22-10-13-6-4-3-5-7-13/h3-9,12H,10-11H2,1-2H3,(H,19,21).